The average molecular weight is 477 g/mol. The van der Waals surface area contributed by atoms with E-state index < -0.39 is 29.9 Å². The van der Waals surface area contributed by atoms with Crippen LogP contribution in [0.1, 0.15) is 51.8 Å². The van der Waals surface area contributed by atoms with Gasteiger partial charge in [-0.15, -0.1) is 0 Å². The minimum atomic E-state index is -0.680. The Morgan fingerprint density at radius 1 is 1.06 bits per heavy atom. The van der Waals surface area contributed by atoms with E-state index in [1.54, 1.807) is 32.0 Å². The van der Waals surface area contributed by atoms with E-state index in [-0.39, 0.29) is 29.9 Å². The largest absolute Gasteiger partial charge is 0.494 e. The smallest absolute Gasteiger partial charge is 0.323 e. The number of nitrogens with one attached hydrogen (secondary N) is 1. The van der Waals surface area contributed by atoms with Crippen LogP contribution in [0.4, 0.5) is 4.39 Å². The Balaban J connectivity index is 2.08. The second-order valence-corrected chi connectivity index (χ2v) is 8.29. The molecular formula is C25H33FN2O6. The number of hydrogen-bond donors (Lipinski definition) is 1. The molecule has 0 aliphatic carbocycles. The van der Waals surface area contributed by atoms with Gasteiger partial charge in [0, 0.05) is 31.6 Å². The molecule has 0 amide bonds. The Morgan fingerprint density at radius 3 is 2.29 bits per heavy atom. The molecule has 2 rings (SSSR count). The Bertz CT molecular complexity index is 997. The zero-order valence-corrected chi connectivity index (χ0v) is 20.7. The fourth-order valence-electron chi connectivity index (χ4n) is 3.79. The molecule has 2 aromatic rings. The molecular weight excluding hydrogens is 443 g/mol. The number of aromatic nitrogens is 1. The van der Waals surface area contributed by atoms with Crippen LogP contribution in [0.15, 0.2) is 30.5 Å². The van der Waals surface area contributed by atoms with Crippen molar-refractivity contribution in [2.45, 2.75) is 59.2 Å². The van der Waals surface area contributed by atoms with Crippen LogP contribution >= 0.6 is 0 Å². The second kappa shape index (κ2) is 12.3. The molecule has 1 heterocycles. The van der Waals surface area contributed by atoms with Crippen molar-refractivity contribution >= 4 is 11.9 Å². The topological polar surface area (TPSA) is 96.0 Å². The Kier molecular flexibility index (Phi) is 9.80. The molecule has 0 fully saturated rings. The molecule has 9 heteroatoms. The number of rotatable bonds is 11. The van der Waals surface area contributed by atoms with Crippen LogP contribution in [-0.2, 0) is 20.9 Å². The molecule has 34 heavy (non-hydrogen) atoms. The number of methoxy groups -OCH3 is 2. The Hall–Kier alpha value is -3.20. The van der Waals surface area contributed by atoms with Gasteiger partial charge in [-0.1, -0.05) is 19.9 Å². The maximum atomic E-state index is 14.3. The third kappa shape index (κ3) is 6.90. The lowest BCUT2D eigenvalue weighted by Crippen LogP contribution is -2.38. The van der Waals surface area contributed by atoms with Gasteiger partial charge in [0.25, 0.3) is 0 Å². The highest BCUT2D eigenvalue weighted by molar-refractivity contribution is 5.75. The first kappa shape index (κ1) is 27.0. The number of pyridine rings is 1. The molecule has 1 N–H and O–H groups in total. The summed E-state index contributed by atoms with van der Waals surface area (Å²) in [5.41, 5.74) is 1.14. The fraction of sp³-hybridized carbons (Fsp3) is 0.480. The average Bonchev–Trinajstić information content (AvgIpc) is 2.77. The van der Waals surface area contributed by atoms with E-state index in [2.05, 4.69) is 10.3 Å². The van der Waals surface area contributed by atoms with Crippen LogP contribution in [0.2, 0.25) is 0 Å². The van der Waals surface area contributed by atoms with Crippen LogP contribution in [-0.4, -0.2) is 43.3 Å². The number of halogens is 1. The van der Waals surface area contributed by atoms with Crippen LogP contribution in [0.5, 0.6) is 17.2 Å². The van der Waals surface area contributed by atoms with Gasteiger partial charge in [0.2, 0.25) is 0 Å². The molecule has 0 aliphatic heterocycles. The number of carbonyl (C=O) groups is 2. The van der Waals surface area contributed by atoms with Crippen molar-refractivity contribution < 1.29 is 32.9 Å². The maximum absolute atomic E-state index is 14.3. The standard InChI is InChI=1S/C25H33FN2O6/c1-14(2)23(18-8-9-21(31-6)19(26)12-18)16(4)33-25(30)15(3)28-13-20-24(34-17(5)29)22(32-7)10-11-27-20/h8-12,14-16,23,28H,13H2,1-7H3/t15-,16-,23+/m0/s1. The maximum Gasteiger partial charge on any atom is 0.323 e. The highest BCUT2D eigenvalue weighted by atomic mass is 19.1. The van der Waals surface area contributed by atoms with Gasteiger partial charge < -0.3 is 18.9 Å². The van der Waals surface area contributed by atoms with E-state index >= 15 is 0 Å². The summed E-state index contributed by atoms with van der Waals surface area (Å²) in [5, 5.41) is 3.04. The molecule has 0 radical (unpaired) electrons. The van der Waals surface area contributed by atoms with Gasteiger partial charge >= 0.3 is 11.9 Å². The lowest BCUT2D eigenvalue weighted by Gasteiger charge is -2.29. The highest BCUT2D eigenvalue weighted by Crippen LogP contribution is 2.33. The molecule has 0 saturated heterocycles. The number of ether oxygens (including phenoxy) is 4. The van der Waals surface area contributed by atoms with Gasteiger partial charge in [-0.25, -0.2) is 4.39 Å². The van der Waals surface area contributed by atoms with Gasteiger partial charge in [0.1, 0.15) is 17.8 Å². The fourth-order valence-corrected chi connectivity index (χ4v) is 3.79. The summed E-state index contributed by atoms with van der Waals surface area (Å²) >= 11 is 0. The predicted octanol–water partition coefficient (Wildman–Crippen LogP) is 4.01. The third-order valence-corrected chi connectivity index (χ3v) is 5.42. The second-order valence-electron chi connectivity index (χ2n) is 8.29. The Morgan fingerprint density at radius 2 is 1.74 bits per heavy atom. The van der Waals surface area contributed by atoms with Crippen molar-refractivity contribution in [3.63, 3.8) is 0 Å². The molecule has 3 atom stereocenters. The van der Waals surface area contributed by atoms with Crippen molar-refractivity contribution in [1.29, 1.82) is 0 Å². The monoisotopic (exact) mass is 476 g/mol. The summed E-state index contributed by atoms with van der Waals surface area (Å²) in [6.07, 6.45) is 1.02. The van der Waals surface area contributed by atoms with E-state index in [9.17, 15) is 14.0 Å². The summed E-state index contributed by atoms with van der Waals surface area (Å²) in [7, 11) is 2.87. The molecule has 8 nitrogen and oxygen atoms in total. The van der Waals surface area contributed by atoms with Crippen LogP contribution in [0.3, 0.4) is 0 Å². The minimum Gasteiger partial charge on any atom is -0.494 e. The van der Waals surface area contributed by atoms with Crippen LogP contribution in [0.25, 0.3) is 0 Å². The summed E-state index contributed by atoms with van der Waals surface area (Å²) in [6.45, 7) is 8.86. The first-order chi connectivity index (χ1) is 16.1. The molecule has 1 aromatic heterocycles. The highest BCUT2D eigenvalue weighted by Gasteiger charge is 2.28. The van der Waals surface area contributed by atoms with Crippen molar-refractivity contribution in [3.8, 4) is 17.2 Å². The molecule has 0 unspecified atom stereocenters. The number of carbonyl (C=O) groups excluding carboxylic acids is 2. The lowest BCUT2D eigenvalue weighted by molar-refractivity contribution is -0.152. The van der Waals surface area contributed by atoms with Gasteiger partial charge in [-0.05, 0) is 37.5 Å². The van der Waals surface area contributed by atoms with E-state index in [1.165, 1.54) is 33.4 Å². The molecule has 186 valence electrons. The molecule has 0 aliphatic rings. The van der Waals surface area contributed by atoms with E-state index in [0.29, 0.717) is 11.4 Å². The van der Waals surface area contributed by atoms with Gasteiger partial charge in [0.05, 0.1) is 14.2 Å². The summed E-state index contributed by atoms with van der Waals surface area (Å²) in [5.74, 6) is -0.856. The van der Waals surface area contributed by atoms with Gasteiger partial charge in [-0.2, -0.15) is 0 Å². The van der Waals surface area contributed by atoms with Crippen molar-refractivity contribution in [2.24, 2.45) is 5.92 Å². The summed E-state index contributed by atoms with van der Waals surface area (Å²) in [6, 6.07) is 5.67. The van der Waals surface area contributed by atoms with E-state index in [1.807, 2.05) is 13.8 Å². The van der Waals surface area contributed by atoms with Crippen LogP contribution < -0.4 is 19.5 Å². The molecule has 0 spiro atoms. The van der Waals surface area contributed by atoms with Gasteiger partial charge in [0.15, 0.2) is 23.1 Å². The van der Waals surface area contributed by atoms with Gasteiger partial charge in [-0.3, -0.25) is 19.9 Å². The molecule has 0 bridgehead atoms. The van der Waals surface area contributed by atoms with Crippen molar-refractivity contribution in [3.05, 3.63) is 47.5 Å². The molecule has 0 saturated carbocycles. The summed E-state index contributed by atoms with van der Waals surface area (Å²) in [4.78, 5) is 28.5. The number of nitrogens with zero attached hydrogens (tertiary/aromatic N) is 1. The number of benzene rings is 1. The first-order valence-electron chi connectivity index (χ1n) is 11.1. The quantitative estimate of drug-likeness (QED) is 0.486. The zero-order valence-electron chi connectivity index (χ0n) is 20.7. The molecule has 1 aromatic carbocycles. The van der Waals surface area contributed by atoms with Crippen molar-refractivity contribution in [2.75, 3.05) is 14.2 Å². The van der Waals surface area contributed by atoms with E-state index in [4.69, 9.17) is 18.9 Å². The number of hydrogen-bond acceptors (Lipinski definition) is 8. The summed E-state index contributed by atoms with van der Waals surface area (Å²) < 4.78 is 35.5. The predicted molar refractivity (Wildman–Crippen MR) is 124 cm³/mol. The third-order valence-electron chi connectivity index (χ3n) is 5.42. The van der Waals surface area contributed by atoms with Crippen LogP contribution in [0, 0.1) is 11.7 Å². The number of esters is 2. The minimum absolute atomic E-state index is 0.0890. The lowest BCUT2D eigenvalue weighted by atomic mass is 9.84. The SMILES string of the molecule is COc1ccc([C@H](C(C)C)[C@H](C)OC(=O)[C@H](C)NCc2nccc(OC)c2OC(C)=O)cc1F. The van der Waals surface area contributed by atoms with Crippen molar-refractivity contribution in [1.82, 2.24) is 10.3 Å². The normalized spacial score (nSPS) is 13.7. The zero-order chi connectivity index (χ0) is 25.4. The Labute approximate surface area is 199 Å². The van der Waals surface area contributed by atoms with E-state index in [0.717, 1.165) is 5.56 Å². The first-order valence-corrected chi connectivity index (χ1v) is 11.1.